The van der Waals surface area contributed by atoms with Crippen molar-refractivity contribution in [3.63, 3.8) is 0 Å². The van der Waals surface area contributed by atoms with Crippen LogP contribution in [-0.2, 0) is 28.5 Å². The molecule has 0 radical (unpaired) electrons. The van der Waals surface area contributed by atoms with E-state index in [1.807, 2.05) is 12.1 Å². The van der Waals surface area contributed by atoms with Gasteiger partial charge in [0.1, 0.15) is 0 Å². The van der Waals surface area contributed by atoms with Gasteiger partial charge in [0.15, 0.2) is 5.76 Å². The fourth-order valence-corrected chi connectivity index (χ4v) is 2.89. The van der Waals surface area contributed by atoms with Gasteiger partial charge in [-0.1, -0.05) is 12.1 Å². The molecule has 0 fully saturated rings. The number of benzene rings is 1. The van der Waals surface area contributed by atoms with Crippen LogP contribution >= 0.6 is 0 Å². The summed E-state index contributed by atoms with van der Waals surface area (Å²) in [5.41, 5.74) is 1.36. The van der Waals surface area contributed by atoms with E-state index in [9.17, 15) is 9.59 Å². The quantitative estimate of drug-likeness (QED) is 0.378. The number of ether oxygens (including phenoxy) is 5. The van der Waals surface area contributed by atoms with E-state index in [-0.39, 0.29) is 37.4 Å². The van der Waals surface area contributed by atoms with Crippen molar-refractivity contribution in [2.24, 2.45) is 0 Å². The zero-order valence-electron chi connectivity index (χ0n) is 17.3. The van der Waals surface area contributed by atoms with Crippen molar-refractivity contribution < 1.29 is 38.4 Å². The van der Waals surface area contributed by atoms with E-state index in [1.54, 1.807) is 25.3 Å². The van der Waals surface area contributed by atoms with Gasteiger partial charge in [-0.25, -0.2) is 4.79 Å². The molecule has 0 saturated carbocycles. The molecule has 0 aromatic heterocycles. The van der Waals surface area contributed by atoms with Crippen LogP contribution in [0.25, 0.3) is 0 Å². The Labute approximate surface area is 175 Å². The molecule has 1 aliphatic rings. The minimum absolute atomic E-state index is 0.0574. The molecule has 1 aromatic rings. The van der Waals surface area contributed by atoms with Gasteiger partial charge in [0.05, 0.1) is 45.7 Å². The lowest BCUT2D eigenvalue weighted by atomic mass is 9.92. The van der Waals surface area contributed by atoms with Gasteiger partial charge in [-0.2, -0.15) is 0 Å². The van der Waals surface area contributed by atoms with E-state index in [1.165, 1.54) is 7.11 Å². The second-order valence-corrected chi connectivity index (χ2v) is 6.49. The van der Waals surface area contributed by atoms with Crippen molar-refractivity contribution >= 4 is 11.9 Å². The molecule has 30 heavy (non-hydrogen) atoms. The first-order valence-corrected chi connectivity index (χ1v) is 9.73. The zero-order valence-corrected chi connectivity index (χ0v) is 17.3. The zero-order chi connectivity index (χ0) is 21.8. The Kier molecular flexibility index (Phi) is 10.3. The van der Waals surface area contributed by atoms with Crippen LogP contribution in [0, 0.1) is 0 Å². The number of amides is 1. The number of carbonyl (C=O) groups excluding carboxylic acids is 2. The molecule has 9 heteroatoms. The predicted molar refractivity (Wildman–Crippen MR) is 107 cm³/mol. The van der Waals surface area contributed by atoms with Crippen molar-refractivity contribution in [2.45, 2.75) is 18.6 Å². The molecule has 9 nitrogen and oxygen atoms in total. The molecule has 1 aliphatic heterocycles. The van der Waals surface area contributed by atoms with Crippen LogP contribution in [0.15, 0.2) is 36.1 Å². The van der Waals surface area contributed by atoms with Crippen molar-refractivity contribution in [1.82, 2.24) is 5.32 Å². The fraction of sp³-hybridized carbons (Fsp3) is 0.524. The standard InChI is InChI=1S/C21H29NO8/c1-26-9-7-22-20(24)18-13-17(14-19(30-18)29-12-11-28-10-8-23)15-3-5-16(6-4-15)21(25)27-2/h3-6,13,17,19,23H,7-12,14H2,1-2H3,(H,22,24)/t17-,19+/m0/s1. The Hall–Kier alpha value is -2.46. The minimum atomic E-state index is -0.638. The molecule has 166 valence electrons. The van der Waals surface area contributed by atoms with Crippen LogP contribution in [0.2, 0.25) is 0 Å². The van der Waals surface area contributed by atoms with Gasteiger partial charge < -0.3 is 34.1 Å². The number of allylic oxidation sites excluding steroid dienone is 1. The maximum absolute atomic E-state index is 12.5. The normalized spacial score (nSPS) is 18.3. The van der Waals surface area contributed by atoms with E-state index in [0.29, 0.717) is 31.7 Å². The first kappa shape index (κ1) is 23.8. The highest BCUT2D eigenvalue weighted by Gasteiger charge is 2.28. The van der Waals surface area contributed by atoms with Crippen LogP contribution in [0.3, 0.4) is 0 Å². The highest BCUT2D eigenvalue weighted by molar-refractivity contribution is 5.91. The molecule has 0 saturated heterocycles. The van der Waals surface area contributed by atoms with Gasteiger partial charge in [0.2, 0.25) is 6.29 Å². The minimum Gasteiger partial charge on any atom is -0.465 e. The van der Waals surface area contributed by atoms with Crippen LogP contribution in [0.1, 0.15) is 28.3 Å². The van der Waals surface area contributed by atoms with Crippen molar-refractivity contribution in [3.05, 3.63) is 47.2 Å². The second-order valence-electron chi connectivity index (χ2n) is 6.49. The summed E-state index contributed by atoms with van der Waals surface area (Å²) in [7, 11) is 2.89. The predicted octanol–water partition coefficient (Wildman–Crippen LogP) is 0.975. The van der Waals surface area contributed by atoms with E-state index in [2.05, 4.69) is 5.32 Å². The van der Waals surface area contributed by atoms with Gasteiger partial charge in [0.25, 0.3) is 5.91 Å². The topological polar surface area (TPSA) is 113 Å². The third-order valence-electron chi connectivity index (χ3n) is 4.40. The smallest absolute Gasteiger partial charge is 0.337 e. The monoisotopic (exact) mass is 423 g/mol. The summed E-state index contributed by atoms with van der Waals surface area (Å²) < 4.78 is 26.3. The van der Waals surface area contributed by atoms with E-state index in [0.717, 1.165) is 5.56 Å². The number of hydrogen-bond donors (Lipinski definition) is 2. The average Bonchev–Trinajstić information content (AvgIpc) is 2.78. The Morgan fingerprint density at radius 3 is 2.57 bits per heavy atom. The van der Waals surface area contributed by atoms with Crippen LogP contribution in [0.4, 0.5) is 0 Å². The van der Waals surface area contributed by atoms with Crippen LogP contribution in [0.5, 0.6) is 0 Å². The van der Waals surface area contributed by atoms with Crippen molar-refractivity contribution in [1.29, 1.82) is 0 Å². The Balaban J connectivity index is 2.09. The maximum Gasteiger partial charge on any atom is 0.337 e. The summed E-state index contributed by atoms with van der Waals surface area (Å²) in [6, 6.07) is 7.00. The number of hydrogen-bond acceptors (Lipinski definition) is 8. The van der Waals surface area contributed by atoms with Gasteiger partial charge in [-0.05, 0) is 23.8 Å². The van der Waals surface area contributed by atoms with Gasteiger partial charge >= 0.3 is 5.97 Å². The summed E-state index contributed by atoms with van der Waals surface area (Å²) in [4.78, 5) is 24.1. The number of aliphatic hydroxyl groups excluding tert-OH is 1. The fourth-order valence-electron chi connectivity index (χ4n) is 2.89. The number of rotatable bonds is 12. The summed E-state index contributed by atoms with van der Waals surface area (Å²) in [6.45, 7) is 1.49. The number of aliphatic hydroxyl groups is 1. The molecule has 1 amide bonds. The molecular formula is C21H29NO8. The average molecular weight is 423 g/mol. The molecule has 0 spiro atoms. The Morgan fingerprint density at radius 2 is 1.90 bits per heavy atom. The largest absolute Gasteiger partial charge is 0.465 e. The molecular weight excluding hydrogens is 394 g/mol. The van der Waals surface area contributed by atoms with Gasteiger partial charge in [-0.15, -0.1) is 0 Å². The summed E-state index contributed by atoms with van der Waals surface area (Å²) in [5.74, 6) is -0.739. The molecule has 2 rings (SSSR count). The summed E-state index contributed by atoms with van der Waals surface area (Å²) in [6.07, 6.45) is 1.60. The SMILES string of the molecule is COCCNC(=O)C1=C[C@H](c2ccc(C(=O)OC)cc2)C[C@H](OCCOCCO)O1. The third kappa shape index (κ3) is 7.42. The summed E-state index contributed by atoms with van der Waals surface area (Å²) in [5, 5.41) is 11.5. The molecule has 1 aromatic carbocycles. The molecule has 1 heterocycles. The van der Waals surface area contributed by atoms with E-state index >= 15 is 0 Å². The molecule has 0 unspecified atom stereocenters. The number of methoxy groups -OCH3 is 2. The molecule has 2 N–H and O–H groups in total. The Bertz CT molecular complexity index is 703. The third-order valence-corrected chi connectivity index (χ3v) is 4.40. The second kappa shape index (κ2) is 13.0. The first-order chi connectivity index (χ1) is 14.6. The van der Waals surface area contributed by atoms with Gasteiger partial charge in [0, 0.05) is 26.0 Å². The lowest BCUT2D eigenvalue weighted by molar-refractivity contribution is -0.151. The maximum atomic E-state index is 12.5. The summed E-state index contributed by atoms with van der Waals surface area (Å²) >= 11 is 0. The lowest BCUT2D eigenvalue weighted by Crippen LogP contribution is -2.34. The van der Waals surface area contributed by atoms with E-state index < -0.39 is 12.3 Å². The highest BCUT2D eigenvalue weighted by Crippen LogP contribution is 2.31. The number of esters is 1. The highest BCUT2D eigenvalue weighted by atomic mass is 16.7. The van der Waals surface area contributed by atoms with Crippen LogP contribution in [-0.4, -0.2) is 77.1 Å². The number of carbonyl (C=O) groups is 2. The first-order valence-electron chi connectivity index (χ1n) is 9.73. The van der Waals surface area contributed by atoms with Crippen LogP contribution < -0.4 is 5.32 Å². The molecule has 2 atom stereocenters. The van der Waals surface area contributed by atoms with Gasteiger partial charge in [-0.3, -0.25) is 4.79 Å². The lowest BCUT2D eigenvalue weighted by Gasteiger charge is -2.29. The van der Waals surface area contributed by atoms with Crippen molar-refractivity contribution in [2.75, 3.05) is 53.8 Å². The molecule has 0 aliphatic carbocycles. The van der Waals surface area contributed by atoms with Crippen molar-refractivity contribution in [3.8, 4) is 0 Å². The molecule has 0 bridgehead atoms. The Morgan fingerprint density at radius 1 is 1.13 bits per heavy atom. The van der Waals surface area contributed by atoms with E-state index in [4.69, 9.17) is 28.8 Å². The number of nitrogens with one attached hydrogen (secondary N) is 1.